The Hall–Kier alpha value is -1.14. The van der Waals surface area contributed by atoms with Crippen molar-refractivity contribution < 1.29 is 9.53 Å². The number of aromatic nitrogens is 1. The quantitative estimate of drug-likeness (QED) is 0.848. The number of hydrogen-bond donors (Lipinski definition) is 2. The highest BCUT2D eigenvalue weighted by atomic mass is 32.1. The zero-order valence-corrected chi connectivity index (χ0v) is 13.0. The molecule has 0 spiro atoms. The van der Waals surface area contributed by atoms with Gasteiger partial charge in [-0.05, 0) is 39.5 Å². The maximum Gasteiger partial charge on any atom is 0.315 e. The normalized spacial score (nSPS) is 19.8. The Labute approximate surface area is 124 Å². The van der Waals surface area contributed by atoms with Crippen LogP contribution in [0.1, 0.15) is 42.5 Å². The topological polar surface area (TPSA) is 63.2 Å². The Morgan fingerprint density at radius 2 is 2.50 bits per heavy atom. The van der Waals surface area contributed by atoms with Crippen molar-refractivity contribution >= 4 is 17.4 Å². The van der Waals surface area contributed by atoms with Crippen LogP contribution in [-0.2, 0) is 11.3 Å². The second-order valence-corrected chi connectivity index (χ2v) is 6.62. The fourth-order valence-corrected chi connectivity index (χ4v) is 3.02. The number of nitrogens with zero attached hydrogens (tertiary/aromatic N) is 1. The van der Waals surface area contributed by atoms with E-state index in [9.17, 15) is 4.79 Å². The first-order valence-electron chi connectivity index (χ1n) is 7.21. The maximum absolute atomic E-state index is 11.8. The molecule has 0 radical (unpaired) electrons. The molecule has 2 amide bonds. The van der Waals surface area contributed by atoms with E-state index < -0.39 is 0 Å². The van der Waals surface area contributed by atoms with Gasteiger partial charge in [-0.25, -0.2) is 9.78 Å². The molecule has 0 bridgehead atoms. The molecule has 1 fully saturated rings. The molecule has 112 valence electrons. The second kappa shape index (κ2) is 7.59. The van der Waals surface area contributed by atoms with Gasteiger partial charge in [-0.3, -0.25) is 0 Å². The number of nitrogens with one attached hydrogen (secondary N) is 2. The van der Waals surface area contributed by atoms with Gasteiger partial charge in [0.05, 0.1) is 12.6 Å². The monoisotopic (exact) mass is 297 g/mol. The molecule has 2 atom stereocenters. The lowest BCUT2D eigenvalue weighted by atomic mass is 10.1. The largest absolute Gasteiger partial charge is 0.378 e. The lowest BCUT2D eigenvalue weighted by Gasteiger charge is -2.16. The van der Waals surface area contributed by atoms with E-state index in [2.05, 4.69) is 15.6 Å². The van der Waals surface area contributed by atoms with Crippen LogP contribution < -0.4 is 10.6 Å². The Morgan fingerprint density at radius 1 is 1.65 bits per heavy atom. The number of ether oxygens (including phenoxy) is 1. The smallest absolute Gasteiger partial charge is 0.315 e. The van der Waals surface area contributed by atoms with E-state index in [-0.39, 0.29) is 12.1 Å². The molecular formula is C14H23N3O2S. The van der Waals surface area contributed by atoms with Gasteiger partial charge in [0.15, 0.2) is 0 Å². The Balaban J connectivity index is 1.60. The van der Waals surface area contributed by atoms with Crippen LogP contribution in [0, 0.1) is 6.92 Å². The third-order valence-electron chi connectivity index (χ3n) is 3.39. The third kappa shape index (κ3) is 5.09. The van der Waals surface area contributed by atoms with E-state index in [0.717, 1.165) is 35.8 Å². The predicted octanol–water partition coefficient (Wildman–Crippen LogP) is 2.60. The number of hydrogen-bond acceptors (Lipinski definition) is 4. The summed E-state index contributed by atoms with van der Waals surface area (Å²) >= 11 is 1.61. The van der Waals surface area contributed by atoms with Crippen molar-refractivity contribution in [3.05, 3.63) is 16.1 Å². The molecule has 1 aromatic rings. The highest BCUT2D eigenvalue weighted by molar-refractivity contribution is 7.11. The van der Waals surface area contributed by atoms with Gasteiger partial charge in [0.2, 0.25) is 0 Å². The number of rotatable bonds is 6. The van der Waals surface area contributed by atoms with Crippen LogP contribution in [-0.4, -0.2) is 29.8 Å². The molecule has 0 aromatic carbocycles. The van der Waals surface area contributed by atoms with Crippen molar-refractivity contribution in [3.8, 4) is 0 Å². The highest BCUT2D eigenvalue weighted by Gasteiger charge is 2.17. The second-order valence-electron chi connectivity index (χ2n) is 5.31. The summed E-state index contributed by atoms with van der Waals surface area (Å²) in [6.07, 6.45) is 6.51. The standard InChI is InChI=1S/C14H23N3O2S/c1-10(5-6-12-4-3-7-19-12)17-14(18)16-9-13-15-8-11(2)20-13/h8,10,12H,3-7,9H2,1-2H3,(H2,16,17,18)/t10-,12-/m1/s1. The maximum atomic E-state index is 11.8. The van der Waals surface area contributed by atoms with Crippen molar-refractivity contribution in [2.24, 2.45) is 0 Å². The third-order valence-corrected chi connectivity index (χ3v) is 4.31. The van der Waals surface area contributed by atoms with E-state index in [1.807, 2.05) is 20.0 Å². The SMILES string of the molecule is Cc1cnc(CNC(=O)N[C@H](C)CC[C@H]2CCCO2)s1. The highest BCUT2D eigenvalue weighted by Crippen LogP contribution is 2.17. The molecule has 1 saturated heterocycles. The summed E-state index contributed by atoms with van der Waals surface area (Å²) in [5.41, 5.74) is 0. The molecule has 1 aliphatic rings. The van der Waals surface area contributed by atoms with Crippen LogP contribution in [0.5, 0.6) is 0 Å². The van der Waals surface area contributed by atoms with Gasteiger partial charge < -0.3 is 15.4 Å². The fraction of sp³-hybridized carbons (Fsp3) is 0.714. The minimum Gasteiger partial charge on any atom is -0.378 e. The summed E-state index contributed by atoms with van der Waals surface area (Å²) in [7, 11) is 0. The van der Waals surface area contributed by atoms with Crippen molar-refractivity contribution in [1.82, 2.24) is 15.6 Å². The molecule has 1 aromatic heterocycles. The van der Waals surface area contributed by atoms with E-state index in [0.29, 0.717) is 12.6 Å². The van der Waals surface area contributed by atoms with Crippen LogP contribution in [0.4, 0.5) is 4.79 Å². The van der Waals surface area contributed by atoms with E-state index >= 15 is 0 Å². The molecule has 2 rings (SSSR count). The van der Waals surface area contributed by atoms with Crippen LogP contribution in [0.2, 0.25) is 0 Å². The fourth-order valence-electron chi connectivity index (χ4n) is 2.29. The van der Waals surface area contributed by atoms with Gasteiger partial charge in [0.1, 0.15) is 5.01 Å². The Kier molecular flexibility index (Phi) is 5.79. The molecule has 20 heavy (non-hydrogen) atoms. The van der Waals surface area contributed by atoms with Crippen LogP contribution in [0.3, 0.4) is 0 Å². The number of thiazole rings is 1. The molecule has 6 heteroatoms. The first kappa shape index (κ1) is 15.3. The molecule has 0 unspecified atom stereocenters. The average molecular weight is 297 g/mol. The number of carbonyl (C=O) groups excluding carboxylic acids is 1. The molecule has 2 N–H and O–H groups in total. The number of carbonyl (C=O) groups is 1. The van der Waals surface area contributed by atoms with Gasteiger partial charge in [-0.15, -0.1) is 11.3 Å². The number of urea groups is 1. The minimum absolute atomic E-state index is 0.127. The zero-order chi connectivity index (χ0) is 14.4. The van der Waals surface area contributed by atoms with Crippen molar-refractivity contribution in [2.75, 3.05) is 6.61 Å². The van der Waals surface area contributed by atoms with Gasteiger partial charge >= 0.3 is 6.03 Å². The summed E-state index contributed by atoms with van der Waals surface area (Å²) in [5, 5.41) is 6.72. The molecule has 2 heterocycles. The number of amides is 2. The summed E-state index contributed by atoms with van der Waals surface area (Å²) in [6.45, 7) is 5.42. The van der Waals surface area contributed by atoms with Crippen LogP contribution >= 0.6 is 11.3 Å². The van der Waals surface area contributed by atoms with E-state index in [1.165, 1.54) is 6.42 Å². The van der Waals surface area contributed by atoms with Crippen molar-refractivity contribution in [1.29, 1.82) is 0 Å². The predicted molar refractivity (Wildman–Crippen MR) is 79.9 cm³/mol. The van der Waals surface area contributed by atoms with Gasteiger partial charge in [-0.2, -0.15) is 0 Å². The van der Waals surface area contributed by atoms with E-state index in [4.69, 9.17) is 4.74 Å². The lowest BCUT2D eigenvalue weighted by Crippen LogP contribution is -2.40. The molecular weight excluding hydrogens is 274 g/mol. The van der Waals surface area contributed by atoms with Gasteiger partial charge in [0.25, 0.3) is 0 Å². The Morgan fingerprint density at radius 3 is 3.15 bits per heavy atom. The molecule has 0 saturated carbocycles. The summed E-state index contributed by atoms with van der Waals surface area (Å²) in [6, 6.07) is 0.0370. The van der Waals surface area contributed by atoms with Crippen molar-refractivity contribution in [3.63, 3.8) is 0 Å². The molecule has 1 aliphatic heterocycles. The van der Waals surface area contributed by atoms with Crippen LogP contribution in [0.25, 0.3) is 0 Å². The van der Waals surface area contributed by atoms with E-state index in [1.54, 1.807) is 11.3 Å². The minimum atomic E-state index is -0.127. The first-order valence-corrected chi connectivity index (χ1v) is 8.02. The first-order chi connectivity index (χ1) is 9.63. The number of aryl methyl sites for hydroxylation is 1. The van der Waals surface area contributed by atoms with Crippen molar-refractivity contribution in [2.45, 2.75) is 58.2 Å². The van der Waals surface area contributed by atoms with Crippen LogP contribution in [0.15, 0.2) is 6.20 Å². The molecule has 0 aliphatic carbocycles. The molecule has 5 nitrogen and oxygen atoms in total. The summed E-state index contributed by atoms with van der Waals surface area (Å²) in [4.78, 5) is 17.1. The van der Waals surface area contributed by atoms with Gasteiger partial charge in [0, 0.05) is 23.7 Å². The summed E-state index contributed by atoms with van der Waals surface area (Å²) in [5.74, 6) is 0. The summed E-state index contributed by atoms with van der Waals surface area (Å²) < 4.78 is 5.58. The van der Waals surface area contributed by atoms with Gasteiger partial charge in [-0.1, -0.05) is 0 Å². The average Bonchev–Trinajstić information content (AvgIpc) is 3.05. The lowest BCUT2D eigenvalue weighted by molar-refractivity contribution is 0.100. The Bertz CT molecular complexity index is 430. The zero-order valence-electron chi connectivity index (χ0n) is 12.1.